The Kier molecular flexibility index (Phi) is 9.01. The first kappa shape index (κ1) is 27.9. The lowest BCUT2D eigenvalue weighted by atomic mass is 9.62. The number of aromatic nitrogens is 4. The van der Waals surface area contributed by atoms with E-state index in [1.807, 2.05) is 52.6 Å². The van der Waals surface area contributed by atoms with E-state index in [9.17, 15) is 9.59 Å². The fraction of sp³-hybridized carbons (Fsp3) is 0.714. The topological polar surface area (TPSA) is 75.8 Å². The number of unbranched alkanes of at least 4 members (excludes halogenated alkanes) is 2. The monoisotopic (exact) mass is 500 g/mol. The first-order valence-corrected chi connectivity index (χ1v) is 13.7. The Morgan fingerprint density at radius 3 is 1.97 bits per heavy atom. The molecular weight excluding hydrogens is 452 g/mol. The predicted octanol–water partition coefficient (Wildman–Crippen LogP) is 3.28. The van der Waals surface area contributed by atoms with E-state index in [0.29, 0.717) is 18.2 Å². The van der Waals surface area contributed by atoms with E-state index in [1.165, 1.54) is 0 Å². The number of amides is 2. The Morgan fingerprint density at radius 1 is 0.917 bits per heavy atom. The fourth-order valence-corrected chi connectivity index (χ4v) is 6.14. The van der Waals surface area contributed by atoms with Crippen molar-refractivity contribution in [1.29, 1.82) is 0 Å². The minimum absolute atomic E-state index is 0.0199. The molecule has 0 aromatic carbocycles. The molecule has 1 aliphatic carbocycles. The first-order chi connectivity index (χ1) is 17.0. The van der Waals surface area contributed by atoms with Gasteiger partial charge in [0.2, 0.25) is 0 Å². The maximum Gasteiger partial charge on any atom is 0.347 e. The van der Waals surface area contributed by atoms with Crippen molar-refractivity contribution < 1.29 is 18.7 Å². The fourth-order valence-electron chi connectivity index (χ4n) is 6.14. The van der Waals surface area contributed by atoms with E-state index in [4.69, 9.17) is 0 Å². The van der Waals surface area contributed by atoms with Crippen molar-refractivity contribution in [3.05, 3.63) is 36.4 Å². The second kappa shape index (κ2) is 11.6. The third kappa shape index (κ3) is 6.77. The number of hydrogen-bond acceptors (Lipinski definition) is 2. The summed E-state index contributed by atoms with van der Waals surface area (Å²) in [6.45, 7) is 13.4. The van der Waals surface area contributed by atoms with Crippen LogP contribution in [0.5, 0.6) is 0 Å². The molecule has 0 radical (unpaired) electrons. The smallest absolute Gasteiger partial charge is 0.345 e. The lowest BCUT2D eigenvalue weighted by molar-refractivity contribution is -0.673. The van der Waals surface area contributed by atoms with Gasteiger partial charge in [0, 0.05) is 12.6 Å². The van der Waals surface area contributed by atoms with Crippen LogP contribution in [0.3, 0.4) is 0 Å². The maximum absolute atomic E-state index is 13.4. The van der Waals surface area contributed by atoms with Crippen molar-refractivity contribution in [1.82, 2.24) is 19.8 Å². The summed E-state index contributed by atoms with van der Waals surface area (Å²) in [5.74, 6) is 1.33. The van der Waals surface area contributed by atoms with Crippen LogP contribution in [0.15, 0.2) is 24.8 Å². The molecule has 0 bridgehead atoms. The standard InChI is InChI=1S/C28H46N6O2/c1-8-10-12-33-16-14-31(6)25(33)23(35)29-21-28(5)19-22(18-27(3,4)20-28)30-24(36)26-32(7)15-17-34(26)13-11-9-2/h14-17,22H,8-13,18-21H2,1-7H3/p+2. The average Bonchev–Trinajstić information content (AvgIpc) is 3.35. The number of nitrogens with zero attached hydrogens (tertiary/aromatic N) is 4. The molecule has 8 heteroatoms. The van der Waals surface area contributed by atoms with Gasteiger partial charge in [-0.05, 0) is 42.9 Å². The summed E-state index contributed by atoms with van der Waals surface area (Å²) in [5, 5.41) is 6.58. The molecule has 2 aromatic heterocycles. The molecule has 200 valence electrons. The Balaban J connectivity index is 1.69. The van der Waals surface area contributed by atoms with E-state index in [-0.39, 0.29) is 28.7 Å². The second-order valence-electron chi connectivity index (χ2n) is 12.0. The zero-order valence-corrected chi connectivity index (χ0v) is 23.6. The molecule has 0 aliphatic heterocycles. The minimum Gasteiger partial charge on any atom is -0.345 e. The molecule has 1 saturated carbocycles. The van der Waals surface area contributed by atoms with Crippen molar-refractivity contribution in [3.63, 3.8) is 0 Å². The van der Waals surface area contributed by atoms with Gasteiger partial charge in [0.25, 0.3) is 0 Å². The average molecular weight is 501 g/mol. The molecule has 3 rings (SSSR count). The molecule has 0 saturated heterocycles. The van der Waals surface area contributed by atoms with E-state index >= 15 is 0 Å². The van der Waals surface area contributed by atoms with E-state index in [0.717, 1.165) is 58.0 Å². The largest absolute Gasteiger partial charge is 0.347 e. The van der Waals surface area contributed by atoms with Crippen molar-refractivity contribution in [2.24, 2.45) is 24.9 Å². The summed E-state index contributed by atoms with van der Waals surface area (Å²) in [6.07, 6.45) is 14.9. The number of carbonyl (C=O) groups is 2. The number of hydrogen-bond donors (Lipinski definition) is 2. The molecule has 8 nitrogen and oxygen atoms in total. The van der Waals surface area contributed by atoms with E-state index in [1.54, 1.807) is 0 Å². The van der Waals surface area contributed by atoms with Gasteiger partial charge in [-0.25, -0.2) is 18.3 Å². The number of carbonyl (C=O) groups excluding carboxylic acids is 2. The van der Waals surface area contributed by atoms with Gasteiger partial charge in [-0.2, -0.15) is 0 Å². The zero-order valence-electron chi connectivity index (χ0n) is 23.6. The van der Waals surface area contributed by atoms with Crippen LogP contribution in [0.4, 0.5) is 0 Å². The van der Waals surface area contributed by atoms with Crippen molar-refractivity contribution in [3.8, 4) is 0 Å². The quantitative estimate of drug-likeness (QED) is 0.465. The summed E-state index contributed by atoms with van der Waals surface area (Å²) < 4.78 is 7.91. The second-order valence-corrected chi connectivity index (χ2v) is 12.0. The van der Waals surface area contributed by atoms with Gasteiger partial charge in [-0.3, -0.25) is 9.59 Å². The molecule has 1 aliphatic rings. The zero-order chi connectivity index (χ0) is 26.5. The van der Waals surface area contributed by atoms with Crippen LogP contribution in [0, 0.1) is 10.8 Å². The SMILES string of the molecule is CCCCn1cc[n+](C)c1C(=O)NCC1(C)CC(NC(=O)c2n(CCCC)cc[n+]2C)CC(C)(C)C1. The molecule has 0 spiro atoms. The normalized spacial score (nSPS) is 21.4. The molecule has 2 atom stereocenters. The van der Waals surface area contributed by atoms with Crippen molar-refractivity contribution in [2.45, 2.75) is 98.7 Å². The highest BCUT2D eigenvalue weighted by molar-refractivity contribution is 5.90. The van der Waals surface area contributed by atoms with Gasteiger partial charge in [0.1, 0.15) is 24.8 Å². The Morgan fingerprint density at radius 2 is 1.44 bits per heavy atom. The van der Waals surface area contributed by atoms with E-state index in [2.05, 4.69) is 49.8 Å². The summed E-state index contributed by atoms with van der Waals surface area (Å²) >= 11 is 0. The van der Waals surface area contributed by atoms with Crippen LogP contribution < -0.4 is 19.8 Å². The van der Waals surface area contributed by atoms with Gasteiger partial charge in [0.15, 0.2) is 0 Å². The van der Waals surface area contributed by atoms with Crippen LogP contribution in [-0.4, -0.2) is 33.5 Å². The van der Waals surface area contributed by atoms with Gasteiger partial charge in [0.05, 0.1) is 27.2 Å². The van der Waals surface area contributed by atoms with Gasteiger partial charge >= 0.3 is 23.5 Å². The number of rotatable bonds is 11. The summed E-state index contributed by atoms with van der Waals surface area (Å²) in [5.41, 5.74) is -0.0464. The lowest BCUT2D eigenvalue weighted by Crippen LogP contribution is -2.52. The molecule has 2 unspecified atom stereocenters. The molecule has 2 heterocycles. The molecule has 2 aromatic rings. The van der Waals surface area contributed by atoms with Gasteiger partial charge in [-0.1, -0.05) is 47.5 Å². The van der Waals surface area contributed by atoms with Crippen LogP contribution in [0.25, 0.3) is 0 Å². The third-order valence-corrected chi connectivity index (χ3v) is 7.52. The molecular formula is C28H48N6O2+2. The van der Waals surface area contributed by atoms with Crippen molar-refractivity contribution in [2.75, 3.05) is 6.54 Å². The Hall–Kier alpha value is -2.64. The summed E-state index contributed by atoms with van der Waals surface area (Å²) in [4.78, 5) is 26.6. The number of aryl methyl sites for hydroxylation is 4. The van der Waals surface area contributed by atoms with E-state index < -0.39 is 0 Å². The lowest BCUT2D eigenvalue weighted by Gasteiger charge is -2.46. The van der Waals surface area contributed by atoms with Gasteiger partial charge < -0.3 is 10.6 Å². The summed E-state index contributed by atoms with van der Waals surface area (Å²) in [7, 11) is 3.85. The highest BCUT2D eigenvalue weighted by Crippen LogP contribution is 2.45. The van der Waals surface area contributed by atoms with Crippen LogP contribution in [0.1, 0.15) is 101 Å². The third-order valence-electron chi connectivity index (χ3n) is 7.52. The van der Waals surface area contributed by atoms with Crippen LogP contribution >= 0.6 is 0 Å². The van der Waals surface area contributed by atoms with Crippen LogP contribution in [-0.2, 0) is 27.2 Å². The van der Waals surface area contributed by atoms with Gasteiger partial charge in [-0.15, -0.1) is 0 Å². The minimum atomic E-state index is -0.110. The molecule has 2 N–H and O–H groups in total. The van der Waals surface area contributed by atoms with Crippen molar-refractivity contribution >= 4 is 11.8 Å². The number of imidazole rings is 2. The molecule has 2 amide bonds. The number of nitrogens with one attached hydrogen (secondary N) is 2. The predicted molar refractivity (Wildman–Crippen MR) is 140 cm³/mol. The first-order valence-electron chi connectivity index (χ1n) is 13.7. The highest BCUT2D eigenvalue weighted by Gasteiger charge is 2.43. The highest BCUT2D eigenvalue weighted by atomic mass is 16.2. The maximum atomic E-state index is 13.4. The Bertz CT molecular complexity index is 1050. The summed E-state index contributed by atoms with van der Waals surface area (Å²) in [6, 6.07) is 0.0576. The Labute approximate surface area is 217 Å². The van der Waals surface area contributed by atoms with Crippen LogP contribution in [0.2, 0.25) is 0 Å². The molecule has 36 heavy (non-hydrogen) atoms. The molecule has 1 fully saturated rings.